The van der Waals surface area contributed by atoms with E-state index < -0.39 is 5.97 Å². The van der Waals surface area contributed by atoms with Crippen molar-refractivity contribution in [1.82, 2.24) is 0 Å². The molecule has 2 unspecified atom stereocenters. The number of hydrogen-bond acceptors (Lipinski definition) is 2. The third-order valence-corrected chi connectivity index (χ3v) is 2.92. The first kappa shape index (κ1) is 12.2. The number of carboxylic acids is 1. The summed E-state index contributed by atoms with van der Waals surface area (Å²) in [6.07, 6.45) is 7.37. The highest BCUT2D eigenvalue weighted by Crippen LogP contribution is 2.26. The molecule has 1 aliphatic rings. The highest BCUT2D eigenvalue weighted by Gasteiger charge is 2.29. The minimum atomic E-state index is -0.708. The number of carboxylic acid groups (broad SMARTS) is 1. The van der Waals surface area contributed by atoms with Gasteiger partial charge < -0.3 is 9.84 Å². The van der Waals surface area contributed by atoms with Crippen LogP contribution in [-0.4, -0.2) is 23.8 Å². The summed E-state index contributed by atoms with van der Waals surface area (Å²) in [6, 6.07) is 0. The SMILES string of the molecule is C=CCCOC1CCCCCC1C(=O)O. The van der Waals surface area contributed by atoms with Crippen molar-refractivity contribution in [2.45, 2.75) is 44.6 Å². The molecule has 0 aromatic rings. The maximum Gasteiger partial charge on any atom is 0.309 e. The van der Waals surface area contributed by atoms with E-state index in [0.29, 0.717) is 6.61 Å². The second kappa shape index (κ2) is 6.62. The van der Waals surface area contributed by atoms with Crippen LogP contribution in [0.5, 0.6) is 0 Å². The van der Waals surface area contributed by atoms with Gasteiger partial charge in [-0.15, -0.1) is 6.58 Å². The average molecular weight is 212 g/mol. The third-order valence-electron chi connectivity index (χ3n) is 2.92. The van der Waals surface area contributed by atoms with E-state index in [-0.39, 0.29) is 12.0 Å². The second-order valence-corrected chi connectivity index (χ2v) is 4.07. The van der Waals surface area contributed by atoms with Gasteiger partial charge in [-0.1, -0.05) is 25.3 Å². The summed E-state index contributed by atoms with van der Waals surface area (Å²) >= 11 is 0. The van der Waals surface area contributed by atoms with Gasteiger partial charge in [0, 0.05) is 0 Å². The summed E-state index contributed by atoms with van der Waals surface area (Å²) in [7, 11) is 0. The molecule has 0 aromatic heterocycles. The summed E-state index contributed by atoms with van der Waals surface area (Å²) < 4.78 is 5.63. The van der Waals surface area contributed by atoms with Crippen LogP contribution in [0.15, 0.2) is 12.7 Å². The van der Waals surface area contributed by atoms with Gasteiger partial charge in [0.05, 0.1) is 18.6 Å². The normalized spacial score (nSPS) is 26.9. The first-order chi connectivity index (χ1) is 7.25. The summed E-state index contributed by atoms with van der Waals surface area (Å²) in [6.45, 7) is 4.21. The Bertz CT molecular complexity index is 213. The standard InChI is InChI=1S/C12H20O3/c1-2-3-9-15-11-8-6-4-5-7-10(11)12(13)14/h2,10-11H,1,3-9H2,(H,13,14). The zero-order valence-corrected chi connectivity index (χ0v) is 9.15. The quantitative estimate of drug-likeness (QED) is 0.433. The molecule has 1 N–H and O–H groups in total. The largest absolute Gasteiger partial charge is 0.481 e. The highest BCUT2D eigenvalue weighted by atomic mass is 16.5. The summed E-state index contributed by atoms with van der Waals surface area (Å²) in [5.74, 6) is -1.02. The van der Waals surface area contributed by atoms with Crippen molar-refractivity contribution in [3.63, 3.8) is 0 Å². The predicted octanol–water partition coefficient (Wildman–Crippen LogP) is 2.61. The average Bonchev–Trinajstić information content (AvgIpc) is 2.43. The van der Waals surface area contributed by atoms with Gasteiger partial charge in [-0.3, -0.25) is 4.79 Å². The van der Waals surface area contributed by atoms with Gasteiger partial charge in [-0.2, -0.15) is 0 Å². The Hall–Kier alpha value is -0.830. The van der Waals surface area contributed by atoms with E-state index in [1.54, 1.807) is 6.08 Å². The lowest BCUT2D eigenvalue weighted by molar-refractivity contribution is -0.147. The molecule has 1 saturated carbocycles. The number of hydrogen-bond donors (Lipinski definition) is 1. The molecule has 0 heterocycles. The van der Waals surface area contributed by atoms with Crippen LogP contribution in [-0.2, 0) is 9.53 Å². The van der Waals surface area contributed by atoms with Gasteiger partial charge in [-0.05, 0) is 19.3 Å². The molecule has 0 radical (unpaired) electrons. The maximum absolute atomic E-state index is 11.1. The summed E-state index contributed by atoms with van der Waals surface area (Å²) in [4.78, 5) is 11.1. The molecule has 15 heavy (non-hydrogen) atoms. The number of rotatable bonds is 5. The van der Waals surface area contributed by atoms with Crippen LogP contribution in [0.1, 0.15) is 38.5 Å². The van der Waals surface area contributed by atoms with E-state index in [2.05, 4.69) is 6.58 Å². The van der Waals surface area contributed by atoms with Crippen molar-refractivity contribution in [2.24, 2.45) is 5.92 Å². The molecule has 0 aromatic carbocycles. The van der Waals surface area contributed by atoms with Crippen LogP contribution in [0.2, 0.25) is 0 Å². The van der Waals surface area contributed by atoms with E-state index in [9.17, 15) is 4.79 Å². The Balaban J connectivity index is 2.46. The molecule has 0 saturated heterocycles. The van der Waals surface area contributed by atoms with Gasteiger partial charge in [-0.25, -0.2) is 0 Å². The van der Waals surface area contributed by atoms with Gasteiger partial charge in [0.2, 0.25) is 0 Å². The number of aliphatic carboxylic acids is 1. The summed E-state index contributed by atoms with van der Waals surface area (Å²) in [5.41, 5.74) is 0. The molecule has 1 rings (SSSR count). The van der Waals surface area contributed by atoms with Crippen molar-refractivity contribution in [1.29, 1.82) is 0 Å². The van der Waals surface area contributed by atoms with Crippen molar-refractivity contribution < 1.29 is 14.6 Å². The van der Waals surface area contributed by atoms with Gasteiger partial charge >= 0.3 is 5.97 Å². The zero-order valence-electron chi connectivity index (χ0n) is 9.15. The van der Waals surface area contributed by atoms with E-state index in [1.165, 1.54) is 0 Å². The van der Waals surface area contributed by atoms with Crippen molar-refractivity contribution >= 4 is 5.97 Å². The second-order valence-electron chi connectivity index (χ2n) is 4.07. The third kappa shape index (κ3) is 4.04. The molecule has 0 amide bonds. The Labute approximate surface area is 91.1 Å². The van der Waals surface area contributed by atoms with Crippen molar-refractivity contribution in [3.05, 3.63) is 12.7 Å². The summed E-state index contributed by atoms with van der Waals surface area (Å²) in [5, 5.41) is 9.09. The van der Waals surface area contributed by atoms with Gasteiger partial charge in [0.25, 0.3) is 0 Å². The Morgan fingerprint density at radius 1 is 1.40 bits per heavy atom. The van der Waals surface area contributed by atoms with Crippen LogP contribution < -0.4 is 0 Å². The molecule has 0 bridgehead atoms. The molecule has 0 aliphatic heterocycles. The molecular weight excluding hydrogens is 192 g/mol. The maximum atomic E-state index is 11.1. The van der Waals surface area contributed by atoms with Gasteiger partial charge in [0.1, 0.15) is 0 Å². The van der Waals surface area contributed by atoms with Crippen LogP contribution >= 0.6 is 0 Å². The molecular formula is C12H20O3. The monoisotopic (exact) mass is 212 g/mol. The predicted molar refractivity (Wildman–Crippen MR) is 58.8 cm³/mol. The van der Waals surface area contributed by atoms with Crippen LogP contribution in [0.3, 0.4) is 0 Å². The van der Waals surface area contributed by atoms with Crippen LogP contribution in [0.4, 0.5) is 0 Å². The smallest absolute Gasteiger partial charge is 0.309 e. The fraction of sp³-hybridized carbons (Fsp3) is 0.750. The lowest BCUT2D eigenvalue weighted by Gasteiger charge is -2.21. The molecule has 86 valence electrons. The molecule has 1 aliphatic carbocycles. The first-order valence-corrected chi connectivity index (χ1v) is 5.71. The van der Waals surface area contributed by atoms with Crippen molar-refractivity contribution in [3.8, 4) is 0 Å². The lowest BCUT2D eigenvalue weighted by atomic mass is 9.97. The zero-order chi connectivity index (χ0) is 11.1. The van der Waals surface area contributed by atoms with E-state index >= 15 is 0 Å². The number of carbonyl (C=O) groups is 1. The Kier molecular flexibility index (Phi) is 5.40. The minimum absolute atomic E-state index is 0.0926. The van der Waals surface area contributed by atoms with E-state index in [1.807, 2.05) is 0 Å². The Morgan fingerprint density at radius 3 is 2.80 bits per heavy atom. The molecule has 1 fully saturated rings. The topological polar surface area (TPSA) is 46.5 Å². The fourth-order valence-corrected chi connectivity index (χ4v) is 2.06. The Morgan fingerprint density at radius 2 is 2.13 bits per heavy atom. The van der Waals surface area contributed by atoms with Gasteiger partial charge in [0.15, 0.2) is 0 Å². The van der Waals surface area contributed by atoms with E-state index in [0.717, 1.165) is 38.5 Å². The van der Waals surface area contributed by atoms with E-state index in [4.69, 9.17) is 9.84 Å². The number of ether oxygens (including phenoxy) is 1. The fourth-order valence-electron chi connectivity index (χ4n) is 2.06. The molecule has 2 atom stereocenters. The first-order valence-electron chi connectivity index (χ1n) is 5.71. The van der Waals surface area contributed by atoms with Crippen LogP contribution in [0.25, 0.3) is 0 Å². The van der Waals surface area contributed by atoms with Crippen LogP contribution in [0, 0.1) is 5.92 Å². The van der Waals surface area contributed by atoms with Crippen molar-refractivity contribution in [2.75, 3.05) is 6.61 Å². The molecule has 3 nitrogen and oxygen atoms in total. The molecule has 3 heteroatoms. The minimum Gasteiger partial charge on any atom is -0.481 e. The highest BCUT2D eigenvalue weighted by molar-refractivity contribution is 5.70. The molecule has 0 spiro atoms. The lowest BCUT2D eigenvalue weighted by Crippen LogP contribution is -2.30.